The van der Waals surface area contributed by atoms with E-state index in [1.54, 1.807) is 6.92 Å². The summed E-state index contributed by atoms with van der Waals surface area (Å²) in [5.41, 5.74) is 0. The lowest BCUT2D eigenvalue weighted by molar-refractivity contribution is -0.143. The van der Waals surface area contributed by atoms with Gasteiger partial charge in [0.1, 0.15) is 0 Å². The number of nitrogens with one attached hydrogen (secondary N) is 1. The Labute approximate surface area is 114 Å². The number of esters is 1. The summed E-state index contributed by atoms with van der Waals surface area (Å²) >= 11 is 0. The van der Waals surface area contributed by atoms with E-state index in [9.17, 15) is 9.59 Å². The van der Waals surface area contributed by atoms with E-state index in [4.69, 9.17) is 9.84 Å². The van der Waals surface area contributed by atoms with Crippen molar-refractivity contribution in [3.8, 4) is 0 Å². The number of aliphatic hydroxyl groups excluding tert-OH is 1. The lowest BCUT2D eigenvalue weighted by atomic mass is 10.1. The van der Waals surface area contributed by atoms with Gasteiger partial charge in [0.2, 0.25) is 5.91 Å². The summed E-state index contributed by atoms with van der Waals surface area (Å²) in [4.78, 5) is 24.7. The van der Waals surface area contributed by atoms with Crippen LogP contribution in [0.25, 0.3) is 0 Å². The van der Waals surface area contributed by atoms with Crippen LogP contribution in [0.5, 0.6) is 0 Å². The van der Waals surface area contributed by atoms with Crippen molar-refractivity contribution in [3.63, 3.8) is 0 Å². The second-order valence-corrected chi connectivity index (χ2v) is 4.83. The molecule has 6 heteroatoms. The maximum atomic E-state index is 11.6. The standard InChI is InChI=1S/C13H24N2O4/c1-2-19-13(18)4-3-6-14-12(17)9-15-7-5-11(8-15)10-16/h11,16H,2-10H2,1H3,(H,14,17). The lowest BCUT2D eigenvalue weighted by Crippen LogP contribution is -2.36. The number of carbonyl (C=O) groups is 2. The quantitative estimate of drug-likeness (QED) is 0.471. The molecular weight excluding hydrogens is 248 g/mol. The highest BCUT2D eigenvalue weighted by molar-refractivity contribution is 5.78. The van der Waals surface area contributed by atoms with Gasteiger partial charge >= 0.3 is 5.97 Å². The molecule has 1 amide bonds. The van der Waals surface area contributed by atoms with Crippen molar-refractivity contribution in [3.05, 3.63) is 0 Å². The Morgan fingerprint density at radius 2 is 2.26 bits per heavy atom. The van der Waals surface area contributed by atoms with Crippen molar-refractivity contribution < 1.29 is 19.4 Å². The molecule has 0 bridgehead atoms. The minimum atomic E-state index is -0.220. The molecule has 1 aliphatic heterocycles. The first-order chi connectivity index (χ1) is 9.15. The molecule has 0 spiro atoms. The monoisotopic (exact) mass is 272 g/mol. The van der Waals surface area contributed by atoms with Crippen molar-refractivity contribution >= 4 is 11.9 Å². The van der Waals surface area contributed by atoms with Gasteiger partial charge in [-0.25, -0.2) is 0 Å². The number of carbonyl (C=O) groups excluding carboxylic acids is 2. The molecule has 1 heterocycles. The average Bonchev–Trinajstić information content (AvgIpc) is 2.82. The Kier molecular flexibility index (Phi) is 7.43. The van der Waals surface area contributed by atoms with Crippen molar-refractivity contribution in [2.24, 2.45) is 5.92 Å². The van der Waals surface area contributed by atoms with Gasteiger partial charge in [-0.1, -0.05) is 0 Å². The SMILES string of the molecule is CCOC(=O)CCCNC(=O)CN1CCC(CO)C1. The number of ether oxygens (including phenoxy) is 1. The van der Waals surface area contributed by atoms with Crippen molar-refractivity contribution in [1.82, 2.24) is 10.2 Å². The summed E-state index contributed by atoms with van der Waals surface area (Å²) in [7, 11) is 0. The molecule has 1 aliphatic rings. The predicted molar refractivity (Wildman–Crippen MR) is 70.5 cm³/mol. The number of nitrogens with zero attached hydrogens (tertiary/aromatic N) is 1. The van der Waals surface area contributed by atoms with Crippen LogP contribution in [-0.2, 0) is 14.3 Å². The van der Waals surface area contributed by atoms with E-state index in [0.717, 1.165) is 19.5 Å². The fourth-order valence-electron chi connectivity index (χ4n) is 2.16. The molecule has 0 aromatic heterocycles. The molecule has 19 heavy (non-hydrogen) atoms. The first kappa shape index (κ1) is 15.9. The van der Waals surface area contributed by atoms with E-state index in [1.165, 1.54) is 0 Å². The Morgan fingerprint density at radius 3 is 2.89 bits per heavy atom. The average molecular weight is 272 g/mol. The highest BCUT2D eigenvalue weighted by atomic mass is 16.5. The molecule has 110 valence electrons. The van der Waals surface area contributed by atoms with Crippen LogP contribution < -0.4 is 5.32 Å². The molecule has 2 N–H and O–H groups in total. The van der Waals surface area contributed by atoms with E-state index in [-0.39, 0.29) is 18.5 Å². The number of hydrogen-bond acceptors (Lipinski definition) is 5. The number of amides is 1. The Bertz CT molecular complexity index is 296. The largest absolute Gasteiger partial charge is 0.466 e. The number of hydrogen-bond donors (Lipinski definition) is 2. The second kappa shape index (κ2) is 8.87. The van der Waals surface area contributed by atoms with Gasteiger partial charge < -0.3 is 15.2 Å². The van der Waals surface area contributed by atoms with E-state index < -0.39 is 0 Å². The highest BCUT2D eigenvalue weighted by Gasteiger charge is 2.22. The molecule has 1 rings (SSSR count). The molecule has 1 fully saturated rings. The zero-order chi connectivity index (χ0) is 14.1. The first-order valence-corrected chi connectivity index (χ1v) is 6.91. The van der Waals surface area contributed by atoms with Gasteiger partial charge in [0.05, 0.1) is 13.2 Å². The van der Waals surface area contributed by atoms with Gasteiger partial charge in [0.25, 0.3) is 0 Å². The summed E-state index contributed by atoms with van der Waals surface area (Å²) in [6.07, 6.45) is 1.89. The van der Waals surface area contributed by atoms with Crippen LogP contribution in [0.2, 0.25) is 0 Å². The third-order valence-corrected chi connectivity index (χ3v) is 3.18. The van der Waals surface area contributed by atoms with Crippen LogP contribution in [-0.4, -0.2) is 61.3 Å². The molecule has 1 saturated heterocycles. The van der Waals surface area contributed by atoms with E-state index in [1.807, 2.05) is 4.90 Å². The van der Waals surface area contributed by atoms with Gasteiger partial charge in [0.15, 0.2) is 0 Å². The highest BCUT2D eigenvalue weighted by Crippen LogP contribution is 2.14. The first-order valence-electron chi connectivity index (χ1n) is 6.91. The van der Waals surface area contributed by atoms with Crippen molar-refractivity contribution in [2.75, 3.05) is 39.4 Å². The summed E-state index contributed by atoms with van der Waals surface area (Å²) in [5, 5.41) is 11.8. The fourth-order valence-corrected chi connectivity index (χ4v) is 2.16. The van der Waals surface area contributed by atoms with Gasteiger partial charge in [0, 0.05) is 26.1 Å². The van der Waals surface area contributed by atoms with Gasteiger partial charge in [-0.15, -0.1) is 0 Å². The Morgan fingerprint density at radius 1 is 1.47 bits per heavy atom. The van der Waals surface area contributed by atoms with Gasteiger partial charge in [-0.3, -0.25) is 14.5 Å². The van der Waals surface area contributed by atoms with Crippen LogP contribution in [0.1, 0.15) is 26.2 Å². The van der Waals surface area contributed by atoms with E-state index >= 15 is 0 Å². The zero-order valence-electron chi connectivity index (χ0n) is 11.6. The van der Waals surface area contributed by atoms with Crippen molar-refractivity contribution in [1.29, 1.82) is 0 Å². The minimum Gasteiger partial charge on any atom is -0.466 e. The second-order valence-electron chi connectivity index (χ2n) is 4.83. The third kappa shape index (κ3) is 6.54. The molecule has 1 unspecified atom stereocenters. The molecule has 0 aromatic carbocycles. The van der Waals surface area contributed by atoms with E-state index in [2.05, 4.69) is 5.32 Å². The zero-order valence-corrected chi connectivity index (χ0v) is 11.6. The van der Waals surface area contributed by atoms with E-state index in [0.29, 0.717) is 38.5 Å². The topological polar surface area (TPSA) is 78.9 Å². The normalized spacial score (nSPS) is 19.4. The van der Waals surface area contributed by atoms with Crippen LogP contribution in [0.3, 0.4) is 0 Å². The van der Waals surface area contributed by atoms with Crippen LogP contribution in [0.15, 0.2) is 0 Å². The minimum absolute atomic E-state index is 0.0255. The smallest absolute Gasteiger partial charge is 0.305 e. The molecule has 0 saturated carbocycles. The van der Waals surface area contributed by atoms with Crippen molar-refractivity contribution in [2.45, 2.75) is 26.2 Å². The molecule has 0 radical (unpaired) electrons. The molecular formula is C13H24N2O4. The number of likely N-dealkylation sites (tertiary alicyclic amines) is 1. The maximum absolute atomic E-state index is 11.6. The summed E-state index contributed by atoms with van der Waals surface area (Å²) in [6.45, 7) is 4.87. The number of aliphatic hydroxyl groups is 1. The number of rotatable bonds is 8. The molecule has 0 aliphatic carbocycles. The Hall–Kier alpha value is -1.14. The fraction of sp³-hybridized carbons (Fsp3) is 0.846. The molecule has 6 nitrogen and oxygen atoms in total. The van der Waals surface area contributed by atoms with Crippen LogP contribution in [0.4, 0.5) is 0 Å². The summed E-state index contributed by atoms with van der Waals surface area (Å²) < 4.78 is 4.80. The maximum Gasteiger partial charge on any atom is 0.305 e. The summed E-state index contributed by atoms with van der Waals surface area (Å²) in [6, 6.07) is 0. The predicted octanol–water partition coefficient (Wildman–Crippen LogP) is -0.240. The Balaban J connectivity index is 2.04. The molecule has 0 aromatic rings. The molecule has 1 atom stereocenters. The van der Waals surface area contributed by atoms with Gasteiger partial charge in [-0.05, 0) is 32.2 Å². The van der Waals surface area contributed by atoms with Crippen LogP contribution in [0, 0.1) is 5.92 Å². The summed E-state index contributed by atoms with van der Waals surface area (Å²) in [5.74, 6) is 0.0566. The third-order valence-electron chi connectivity index (χ3n) is 3.18. The van der Waals surface area contributed by atoms with Crippen LogP contribution >= 0.6 is 0 Å². The lowest BCUT2D eigenvalue weighted by Gasteiger charge is -2.15. The van der Waals surface area contributed by atoms with Gasteiger partial charge in [-0.2, -0.15) is 0 Å².